The second-order valence-electron chi connectivity index (χ2n) is 6.42. The van der Waals surface area contributed by atoms with Crippen molar-refractivity contribution in [3.05, 3.63) is 12.2 Å². The van der Waals surface area contributed by atoms with E-state index in [1.807, 2.05) is 0 Å². The highest BCUT2D eigenvalue weighted by molar-refractivity contribution is 5.69. The number of unbranched alkanes of at least 4 members (excludes halogenated alkanes) is 3. The molecule has 0 aliphatic carbocycles. The molecule has 0 amide bonds. The van der Waals surface area contributed by atoms with Gasteiger partial charge in [-0.2, -0.15) is 0 Å². The maximum absolute atomic E-state index is 12.2. The Morgan fingerprint density at radius 2 is 2.04 bits per heavy atom. The quantitative estimate of drug-likeness (QED) is 0.261. The van der Waals surface area contributed by atoms with Crippen molar-refractivity contribution in [3.63, 3.8) is 0 Å². The molecule has 1 rings (SSSR count). The zero-order valence-electron chi connectivity index (χ0n) is 15.2. The molecule has 4 atom stereocenters. The lowest BCUT2D eigenvalue weighted by Crippen LogP contribution is -2.49. The van der Waals surface area contributed by atoms with Crippen molar-refractivity contribution in [1.82, 2.24) is 0 Å². The molecule has 7 nitrogen and oxygen atoms in total. The topological polar surface area (TPSA) is 105 Å². The highest BCUT2D eigenvalue weighted by Crippen LogP contribution is 2.30. The summed E-state index contributed by atoms with van der Waals surface area (Å²) in [4.78, 5) is 12.2. The van der Waals surface area contributed by atoms with Gasteiger partial charge in [-0.1, -0.05) is 38.3 Å². The smallest absolute Gasteiger partial charge is 0.308 e. The lowest BCUT2D eigenvalue weighted by atomic mass is 9.98. The van der Waals surface area contributed by atoms with Gasteiger partial charge in [0.15, 0.2) is 6.79 Å². The summed E-state index contributed by atoms with van der Waals surface area (Å²) in [6.07, 6.45) is 3.97. The summed E-state index contributed by atoms with van der Waals surface area (Å²) in [6.45, 7) is 1.98. The van der Waals surface area contributed by atoms with Crippen LogP contribution in [0.15, 0.2) is 12.2 Å². The van der Waals surface area contributed by atoms with Gasteiger partial charge in [-0.25, -0.2) is 0 Å². The van der Waals surface area contributed by atoms with E-state index in [1.165, 1.54) is 13.2 Å². The van der Waals surface area contributed by atoms with Crippen LogP contribution in [0.1, 0.15) is 58.3 Å². The minimum Gasteiger partial charge on any atom is -0.430 e. The summed E-state index contributed by atoms with van der Waals surface area (Å²) in [5.74, 6) is -2.08. The molecule has 1 heterocycles. The monoisotopic (exact) mass is 360 g/mol. The molecule has 1 aliphatic heterocycles. The molecule has 7 heteroatoms. The molecule has 0 unspecified atom stereocenters. The van der Waals surface area contributed by atoms with Gasteiger partial charge in [0.05, 0.1) is 12.2 Å². The van der Waals surface area contributed by atoms with Crippen molar-refractivity contribution < 1.29 is 34.3 Å². The fourth-order valence-corrected chi connectivity index (χ4v) is 2.78. The number of cyclic esters (lactones) is 1. The van der Waals surface area contributed by atoms with E-state index in [1.54, 1.807) is 6.08 Å². The van der Waals surface area contributed by atoms with Crippen molar-refractivity contribution in [2.75, 3.05) is 13.9 Å². The van der Waals surface area contributed by atoms with Crippen LogP contribution in [0.5, 0.6) is 0 Å². The van der Waals surface area contributed by atoms with Crippen LogP contribution in [0, 0.1) is 0 Å². The summed E-state index contributed by atoms with van der Waals surface area (Å²) in [5, 5.41) is 30.3. The average Bonchev–Trinajstić information content (AvgIpc) is 2.61. The van der Waals surface area contributed by atoms with Crippen LogP contribution in [0.4, 0.5) is 0 Å². The van der Waals surface area contributed by atoms with Crippen LogP contribution in [-0.2, 0) is 19.0 Å². The fourth-order valence-electron chi connectivity index (χ4n) is 2.78. The molecule has 0 aromatic heterocycles. The minimum atomic E-state index is -1.49. The van der Waals surface area contributed by atoms with E-state index in [9.17, 15) is 20.1 Å². The molecule has 0 aromatic carbocycles. The summed E-state index contributed by atoms with van der Waals surface area (Å²) in [5.41, 5.74) is 0. The molecule has 0 saturated carbocycles. The van der Waals surface area contributed by atoms with Gasteiger partial charge >= 0.3 is 5.97 Å². The number of esters is 1. The number of hydrogen-bond acceptors (Lipinski definition) is 7. The van der Waals surface area contributed by atoms with Gasteiger partial charge in [0.25, 0.3) is 0 Å². The predicted molar refractivity (Wildman–Crippen MR) is 91.6 cm³/mol. The number of carbonyl (C=O) groups is 1. The third kappa shape index (κ3) is 7.42. The SMILES string of the molecule is CCCCCC[C@]1(OCOC)OC(=O)CC[C@@H](O)[C@H](O)/C=C/C[C@@H]1O. The Hall–Kier alpha value is -0.990. The van der Waals surface area contributed by atoms with E-state index in [-0.39, 0.29) is 26.1 Å². The first-order valence-electron chi connectivity index (χ1n) is 9.00. The van der Waals surface area contributed by atoms with Gasteiger partial charge in [-0.05, 0) is 19.3 Å². The second kappa shape index (κ2) is 11.6. The number of methoxy groups -OCH3 is 1. The Labute approximate surface area is 149 Å². The molecule has 0 aromatic rings. The van der Waals surface area contributed by atoms with Gasteiger partial charge in [0.1, 0.15) is 6.10 Å². The van der Waals surface area contributed by atoms with Crippen LogP contribution >= 0.6 is 0 Å². The average molecular weight is 360 g/mol. The molecule has 0 bridgehead atoms. The van der Waals surface area contributed by atoms with Gasteiger partial charge < -0.3 is 29.5 Å². The standard InChI is InChI=1S/C18H32O7/c1-3-4-5-6-12-18(24-13-23-2)16(21)9-7-8-14(19)15(20)10-11-17(22)25-18/h7-8,14-16,19-21H,3-6,9-13H2,1-2H3/b8-7+/t14-,15-,16+,18+/m1/s1. The van der Waals surface area contributed by atoms with Crippen molar-refractivity contribution >= 4 is 5.97 Å². The number of rotatable bonds is 8. The van der Waals surface area contributed by atoms with E-state index in [0.717, 1.165) is 25.7 Å². The fraction of sp³-hybridized carbons (Fsp3) is 0.833. The summed E-state index contributed by atoms with van der Waals surface area (Å²) in [7, 11) is 1.46. The van der Waals surface area contributed by atoms with Crippen LogP contribution in [0.3, 0.4) is 0 Å². The lowest BCUT2D eigenvalue weighted by Gasteiger charge is -2.36. The Morgan fingerprint density at radius 3 is 2.72 bits per heavy atom. The number of ether oxygens (including phenoxy) is 3. The highest BCUT2D eigenvalue weighted by Gasteiger charge is 2.42. The first-order chi connectivity index (χ1) is 11.9. The van der Waals surface area contributed by atoms with Crippen molar-refractivity contribution in [2.45, 2.75) is 82.4 Å². The first-order valence-corrected chi connectivity index (χ1v) is 9.00. The van der Waals surface area contributed by atoms with Crippen LogP contribution < -0.4 is 0 Å². The molecule has 146 valence electrons. The summed E-state index contributed by atoms with van der Waals surface area (Å²) in [6, 6.07) is 0. The third-order valence-corrected chi connectivity index (χ3v) is 4.33. The molecule has 0 saturated heterocycles. The Balaban J connectivity index is 2.96. The van der Waals surface area contributed by atoms with Gasteiger partial charge in [-0.15, -0.1) is 0 Å². The second-order valence-corrected chi connectivity index (χ2v) is 6.42. The van der Waals surface area contributed by atoms with E-state index < -0.39 is 30.1 Å². The first kappa shape index (κ1) is 22.1. The van der Waals surface area contributed by atoms with E-state index in [2.05, 4.69) is 6.92 Å². The van der Waals surface area contributed by atoms with Gasteiger partial charge in [0.2, 0.25) is 5.79 Å². The van der Waals surface area contributed by atoms with Crippen molar-refractivity contribution in [3.8, 4) is 0 Å². The molecular formula is C18H32O7. The summed E-state index contributed by atoms with van der Waals surface area (Å²) >= 11 is 0. The molecule has 0 fully saturated rings. The third-order valence-electron chi connectivity index (χ3n) is 4.33. The maximum Gasteiger partial charge on any atom is 0.308 e. The normalized spacial score (nSPS) is 32.7. The number of carbonyl (C=O) groups excluding carboxylic acids is 1. The Morgan fingerprint density at radius 1 is 1.28 bits per heavy atom. The molecular weight excluding hydrogens is 328 g/mol. The lowest BCUT2D eigenvalue weighted by molar-refractivity contribution is -0.297. The minimum absolute atomic E-state index is 0.0661. The zero-order chi connectivity index (χ0) is 18.7. The highest BCUT2D eigenvalue weighted by atomic mass is 16.8. The van der Waals surface area contributed by atoms with Gasteiger partial charge in [-0.3, -0.25) is 4.79 Å². The number of aliphatic hydroxyl groups excluding tert-OH is 3. The van der Waals surface area contributed by atoms with Crippen LogP contribution in [-0.4, -0.2) is 59.3 Å². The predicted octanol–water partition coefficient (Wildman–Crippen LogP) is 1.64. The molecule has 3 N–H and O–H groups in total. The number of hydrogen-bond donors (Lipinski definition) is 3. The molecule has 25 heavy (non-hydrogen) atoms. The molecule has 0 spiro atoms. The zero-order valence-corrected chi connectivity index (χ0v) is 15.2. The molecule has 0 radical (unpaired) electrons. The Bertz CT molecular complexity index is 412. The van der Waals surface area contributed by atoms with Crippen molar-refractivity contribution in [2.24, 2.45) is 0 Å². The van der Waals surface area contributed by atoms with E-state index in [0.29, 0.717) is 6.42 Å². The van der Waals surface area contributed by atoms with Crippen LogP contribution in [0.25, 0.3) is 0 Å². The Kier molecular flexibility index (Phi) is 10.2. The van der Waals surface area contributed by atoms with Gasteiger partial charge in [0, 0.05) is 20.0 Å². The van der Waals surface area contributed by atoms with Crippen molar-refractivity contribution in [1.29, 1.82) is 0 Å². The van der Waals surface area contributed by atoms with E-state index in [4.69, 9.17) is 14.2 Å². The summed E-state index contributed by atoms with van der Waals surface area (Å²) < 4.78 is 16.1. The number of aliphatic hydroxyl groups is 3. The maximum atomic E-state index is 12.2. The largest absolute Gasteiger partial charge is 0.430 e. The molecule has 1 aliphatic rings. The van der Waals surface area contributed by atoms with E-state index >= 15 is 0 Å². The van der Waals surface area contributed by atoms with Crippen LogP contribution in [0.2, 0.25) is 0 Å².